The highest BCUT2D eigenvalue weighted by Gasteiger charge is 2.22. The minimum atomic E-state index is -0.486. The van der Waals surface area contributed by atoms with E-state index in [0.717, 1.165) is 6.42 Å². The Balaban J connectivity index is 2.29. The topological polar surface area (TPSA) is 64.4 Å². The van der Waals surface area contributed by atoms with E-state index in [-0.39, 0.29) is 16.8 Å². The molecule has 0 saturated carbocycles. The van der Waals surface area contributed by atoms with E-state index in [0.29, 0.717) is 23.9 Å². The van der Waals surface area contributed by atoms with Gasteiger partial charge in [-0.15, -0.1) is 0 Å². The molecule has 1 atom stereocenters. The smallest absolute Gasteiger partial charge is 0.293 e. The zero-order valence-electron chi connectivity index (χ0n) is 8.78. The van der Waals surface area contributed by atoms with E-state index in [1.807, 2.05) is 0 Å². The first-order valence-electron chi connectivity index (χ1n) is 5.05. The van der Waals surface area contributed by atoms with Crippen molar-refractivity contribution in [2.24, 2.45) is 0 Å². The summed E-state index contributed by atoms with van der Waals surface area (Å²) in [6, 6.07) is 2.80. The van der Waals surface area contributed by atoms with Crippen molar-refractivity contribution in [2.75, 3.05) is 18.5 Å². The summed E-state index contributed by atoms with van der Waals surface area (Å²) >= 11 is 11.6. The van der Waals surface area contributed by atoms with Gasteiger partial charge in [0.25, 0.3) is 5.69 Å². The molecule has 17 heavy (non-hydrogen) atoms. The highest BCUT2D eigenvalue weighted by atomic mass is 35.5. The molecule has 1 aromatic carbocycles. The lowest BCUT2D eigenvalue weighted by atomic mass is 10.2. The average molecular weight is 277 g/mol. The van der Waals surface area contributed by atoms with Gasteiger partial charge in [0.05, 0.1) is 27.6 Å². The van der Waals surface area contributed by atoms with Gasteiger partial charge in [0.1, 0.15) is 5.69 Å². The van der Waals surface area contributed by atoms with Crippen molar-refractivity contribution in [1.29, 1.82) is 0 Å². The van der Waals surface area contributed by atoms with Crippen LogP contribution in [0, 0.1) is 10.1 Å². The fourth-order valence-electron chi connectivity index (χ4n) is 1.67. The van der Waals surface area contributed by atoms with E-state index in [9.17, 15) is 10.1 Å². The Kier molecular flexibility index (Phi) is 3.71. The molecule has 1 saturated heterocycles. The van der Waals surface area contributed by atoms with Gasteiger partial charge < -0.3 is 10.1 Å². The fourth-order valence-corrected chi connectivity index (χ4v) is 1.99. The monoisotopic (exact) mass is 276 g/mol. The van der Waals surface area contributed by atoms with Gasteiger partial charge >= 0.3 is 0 Å². The molecule has 1 aromatic rings. The molecule has 0 amide bonds. The number of nitrogens with zero attached hydrogens (tertiary/aromatic N) is 1. The van der Waals surface area contributed by atoms with E-state index in [1.54, 1.807) is 0 Å². The second-order valence-electron chi connectivity index (χ2n) is 3.75. The molecule has 7 heteroatoms. The van der Waals surface area contributed by atoms with Crippen LogP contribution in [0.15, 0.2) is 12.1 Å². The summed E-state index contributed by atoms with van der Waals surface area (Å²) in [4.78, 5) is 10.4. The Morgan fingerprint density at radius 2 is 2.12 bits per heavy atom. The zero-order chi connectivity index (χ0) is 12.4. The maximum absolute atomic E-state index is 10.9. The van der Waals surface area contributed by atoms with Crippen LogP contribution < -0.4 is 5.32 Å². The first-order valence-corrected chi connectivity index (χ1v) is 5.81. The van der Waals surface area contributed by atoms with E-state index < -0.39 is 4.92 Å². The first-order chi connectivity index (χ1) is 8.08. The molecule has 5 nitrogen and oxygen atoms in total. The van der Waals surface area contributed by atoms with Gasteiger partial charge in [-0.25, -0.2) is 0 Å². The number of anilines is 1. The summed E-state index contributed by atoms with van der Waals surface area (Å²) in [5.74, 6) is 0. The molecule has 0 aliphatic carbocycles. The molecule has 2 rings (SSSR count). The molecule has 1 fully saturated rings. The number of nitro groups is 1. The summed E-state index contributed by atoms with van der Waals surface area (Å²) in [5.41, 5.74) is 0.297. The molecule has 1 heterocycles. The van der Waals surface area contributed by atoms with Crippen LogP contribution in [0.4, 0.5) is 11.4 Å². The van der Waals surface area contributed by atoms with Gasteiger partial charge in [-0.2, -0.15) is 0 Å². The number of rotatable bonds is 3. The highest BCUT2D eigenvalue weighted by Crippen LogP contribution is 2.34. The molecule has 1 aliphatic rings. The van der Waals surface area contributed by atoms with Crippen molar-refractivity contribution in [2.45, 2.75) is 12.5 Å². The average Bonchev–Trinajstić information content (AvgIpc) is 2.75. The van der Waals surface area contributed by atoms with E-state index >= 15 is 0 Å². The van der Waals surface area contributed by atoms with Gasteiger partial charge in [-0.05, 0) is 12.5 Å². The van der Waals surface area contributed by atoms with Crippen molar-refractivity contribution in [3.05, 3.63) is 32.3 Å². The third kappa shape index (κ3) is 2.80. The fraction of sp³-hybridized carbons (Fsp3) is 0.400. The lowest BCUT2D eigenvalue weighted by Gasteiger charge is -2.13. The van der Waals surface area contributed by atoms with Crippen LogP contribution in [0.2, 0.25) is 10.0 Å². The number of hydrogen-bond acceptors (Lipinski definition) is 4. The molecule has 0 spiro atoms. The second kappa shape index (κ2) is 5.08. The summed E-state index contributed by atoms with van der Waals surface area (Å²) in [6.07, 6.45) is 0.817. The van der Waals surface area contributed by atoms with Crippen molar-refractivity contribution in [1.82, 2.24) is 0 Å². The predicted octanol–water partition coefficient (Wildman–Crippen LogP) is 3.10. The highest BCUT2D eigenvalue weighted by molar-refractivity contribution is 6.42. The van der Waals surface area contributed by atoms with Crippen molar-refractivity contribution in [3.8, 4) is 0 Å². The van der Waals surface area contributed by atoms with Crippen molar-refractivity contribution < 1.29 is 9.66 Å². The van der Waals surface area contributed by atoms with E-state index in [4.69, 9.17) is 27.9 Å². The normalized spacial score (nSPS) is 19.3. The van der Waals surface area contributed by atoms with Crippen LogP contribution in [0.25, 0.3) is 0 Å². The molecule has 0 bridgehead atoms. The lowest BCUT2D eigenvalue weighted by Crippen LogP contribution is -2.19. The van der Waals surface area contributed by atoms with Gasteiger partial charge in [0.2, 0.25) is 0 Å². The molecule has 1 aliphatic heterocycles. The van der Waals surface area contributed by atoms with Crippen molar-refractivity contribution >= 4 is 34.6 Å². The molecule has 1 N–H and O–H groups in total. The Hall–Kier alpha value is -1.04. The third-order valence-corrected chi connectivity index (χ3v) is 3.25. The summed E-state index contributed by atoms with van der Waals surface area (Å²) < 4.78 is 5.19. The molecular weight excluding hydrogens is 267 g/mol. The molecule has 92 valence electrons. The van der Waals surface area contributed by atoms with Gasteiger partial charge in [-0.1, -0.05) is 23.2 Å². The predicted molar refractivity (Wildman–Crippen MR) is 66.0 cm³/mol. The lowest BCUT2D eigenvalue weighted by molar-refractivity contribution is -0.384. The van der Waals surface area contributed by atoms with Crippen LogP contribution in [0.5, 0.6) is 0 Å². The van der Waals surface area contributed by atoms with Gasteiger partial charge in [-0.3, -0.25) is 10.1 Å². The number of nitrogens with one attached hydrogen (secondary N) is 1. The van der Waals surface area contributed by atoms with Crippen LogP contribution >= 0.6 is 23.2 Å². The Morgan fingerprint density at radius 1 is 1.41 bits per heavy atom. The third-order valence-electron chi connectivity index (χ3n) is 2.52. The maximum atomic E-state index is 10.9. The van der Waals surface area contributed by atoms with Gasteiger partial charge in [0, 0.05) is 12.7 Å². The Bertz CT molecular complexity index is 447. The zero-order valence-corrected chi connectivity index (χ0v) is 10.3. The SMILES string of the molecule is O=[N+]([O-])c1cc(Cl)c(Cl)cc1NC1CCOC1. The Labute approximate surface area is 108 Å². The first kappa shape index (κ1) is 12.4. The van der Waals surface area contributed by atoms with Crippen LogP contribution in [0.1, 0.15) is 6.42 Å². The minimum absolute atomic E-state index is 0.0749. The van der Waals surface area contributed by atoms with Crippen LogP contribution in [-0.2, 0) is 4.74 Å². The summed E-state index contributed by atoms with van der Waals surface area (Å²) in [5, 5.41) is 14.4. The summed E-state index contributed by atoms with van der Waals surface area (Å²) in [7, 11) is 0. The van der Waals surface area contributed by atoms with Crippen molar-refractivity contribution in [3.63, 3.8) is 0 Å². The molecule has 0 aromatic heterocycles. The van der Waals surface area contributed by atoms with Crippen LogP contribution in [0.3, 0.4) is 0 Å². The minimum Gasteiger partial charge on any atom is -0.379 e. The quantitative estimate of drug-likeness (QED) is 0.681. The molecule has 0 radical (unpaired) electrons. The Morgan fingerprint density at radius 3 is 2.71 bits per heavy atom. The largest absolute Gasteiger partial charge is 0.379 e. The van der Waals surface area contributed by atoms with E-state index in [2.05, 4.69) is 5.32 Å². The molecule has 1 unspecified atom stereocenters. The number of hydrogen-bond donors (Lipinski definition) is 1. The number of halogens is 2. The van der Waals surface area contributed by atoms with Gasteiger partial charge in [0.15, 0.2) is 0 Å². The molecular formula is C10H10Cl2N2O3. The summed E-state index contributed by atoms with van der Waals surface area (Å²) in [6.45, 7) is 1.20. The second-order valence-corrected chi connectivity index (χ2v) is 4.56. The number of nitro benzene ring substituents is 1. The number of ether oxygens (including phenoxy) is 1. The van der Waals surface area contributed by atoms with E-state index in [1.165, 1.54) is 12.1 Å². The number of benzene rings is 1. The maximum Gasteiger partial charge on any atom is 0.293 e. The standard InChI is InChI=1S/C10H10Cl2N2O3/c11-7-3-9(13-6-1-2-17-5-6)10(14(15)16)4-8(7)12/h3-4,6,13H,1-2,5H2. The van der Waals surface area contributed by atoms with Crippen LogP contribution in [-0.4, -0.2) is 24.2 Å².